The maximum absolute atomic E-state index is 12.6. The van der Waals surface area contributed by atoms with E-state index in [-0.39, 0.29) is 16.8 Å². The van der Waals surface area contributed by atoms with Crippen LogP contribution in [0.15, 0.2) is 48.0 Å². The van der Waals surface area contributed by atoms with Gasteiger partial charge in [-0.1, -0.05) is 18.2 Å². The highest BCUT2D eigenvalue weighted by Gasteiger charge is 2.17. The highest BCUT2D eigenvalue weighted by molar-refractivity contribution is 6.14. The van der Waals surface area contributed by atoms with Gasteiger partial charge in [-0.2, -0.15) is 5.26 Å². The molecule has 0 aromatic heterocycles. The van der Waals surface area contributed by atoms with Crippen molar-refractivity contribution in [3.05, 3.63) is 74.8 Å². The van der Waals surface area contributed by atoms with E-state index in [0.717, 1.165) is 24.2 Å². The number of non-ortho nitro benzene ring substituents is 1. The molecule has 0 amide bonds. The predicted octanol–water partition coefficient (Wildman–Crippen LogP) is 4.29. The maximum atomic E-state index is 12.6. The van der Waals surface area contributed by atoms with Crippen LogP contribution in [0.25, 0.3) is 6.08 Å². The van der Waals surface area contributed by atoms with Gasteiger partial charge in [0.15, 0.2) is 0 Å². The molecule has 0 atom stereocenters. The fourth-order valence-corrected chi connectivity index (χ4v) is 3.31. The second-order valence-corrected chi connectivity index (χ2v) is 6.55. The van der Waals surface area contributed by atoms with Crippen molar-refractivity contribution >= 4 is 23.2 Å². The number of nitro benzene ring substituents is 1. The number of rotatable bonds is 5. The van der Waals surface area contributed by atoms with Crippen molar-refractivity contribution in [2.75, 3.05) is 18.0 Å². The van der Waals surface area contributed by atoms with Crippen molar-refractivity contribution in [1.29, 1.82) is 5.26 Å². The largest absolute Gasteiger partial charge is 0.371 e. The van der Waals surface area contributed by atoms with Crippen LogP contribution in [0.4, 0.5) is 11.4 Å². The van der Waals surface area contributed by atoms with Crippen molar-refractivity contribution in [2.45, 2.75) is 19.8 Å². The van der Waals surface area contributed by atoms with Crippen molar-refractivity contribution in [1.82, 2.24) is 0 Å². The molecule has 27 heavy (non-hydrogen) atoms. The first-order chi connectivity index (χ1) is 13.0. The number of nitro groups is 1. The van der Waals surface area contributed by atoms with Gasteiger partial charge in [-0.05, 0) is 49.1 Å². The fraction of sp³-hybridized carbons (Fsp3) is 0.238. The summed E-state index contributed by atoms with van der Waals surface area (Å²) in [7, 11) is 0. The number of anilines is 1. The first-order valence-corrected chi connectivity index (χ1v) is 8.76. The van der Waals surface area contributed by atoms with E-state index in [4.69, 9.17) is 0 Å². The lowest BCUT2D eigenvalue weighted by Crippen LogP contribution is -2.18. The van der Waals surface area contributed by atoms with Crippen LogP contribution in [0.1, 0.15) is 34.3 Å². The number of nitriles is 1. The highest BCUT2D eigenvalue weighted by atomic mass is 16.6. The monoisotopic (exact) mass is 361 g/mol. The molecule has 2 aromatic carbocycles. The standard InChI is InChI=1S/C21H19N3O3/c1-15-11-16(7-8-20(15)23-9-2-3-10-23)12-18(14-22)21(25)17-5-4-6-19(13-17)24(26)27/h4-8,11-13H,2-3,9-10H2,1H3/b18-12-. The molecule has 1 saturated heterocycles. The Balaban J connectivity index is 1.89. The quantitative estimate of drug-likeness (QED) is 0.261. The Morgan fingerprint density at radius 3 is 2.59 bits per heavy atom. The number of Topliss-reactive ketones (excluding diaryl/α,β-unsaturated/α-hetero) is 1. The summed E-state index contributed by atoms with van der Waals surface area (Å²) in [6.45, 7) is 4.11. The molecule has 1 fully saturated rings. The van der Waals surface area contributed by atoms with Crippen LogP contribution in [-0.2, 0) is 0 Å². The molecule has 6 nitrogen and oxygen atoms in total. The summed E-state index contributed by atoms with van der Waals surface area (Å²) in [6, 6.07) is 13.2. The molecule has 0 spiro atoms. The lowest BCUT2D eigenvalue weighted by molar-refractivity contribution is -0.384. The summed E-state index contributed by atoms with van der Waals surface area (Å²) in [4.78, 5) is 25.3. The lowest BCUT2D eigenvalue weighted by Gasteiger charge is -2.20. The van der Waals surface area contributed by atoms with E-state index in [2.05, 4.69) is 4.90 Å². The van der Waals surface area contributed by atoms with Gasteiger partial charge in [-0.15, -0.1) is 0 Å². The Bertz CT molecular complexity index is 967. The van der Waals surface area contributed by atoms with Crippen LogP contribution in [0.5, 0.6) is 0 Å². The van der Waals surface area contributed by atoms with Gasteiger partial charge < -0.3 is 4.90 Å². The summed E-state index contributed by atoms with van der Waals surface area (Å²) >= 11 is 0. The number of hydrogen-bond donors (Lipinski definition) is 0. The van der Waals surface area contributed by atoms with Crippen molar-refractivity contribution in [3.63, 3.8) is 0 Å². The Morgan fingerprint density at radius 1 is 1.22 bits per heavy atom. The normalized spacial score (nSPS) is 14.1. The fourth-order valence-electron chi connectivity index (χ4n) is 3.31. The molecule has 0 saturated carbocycles. The number of hydrogen-bond acceptors (Lipinski definition) is 5. The van der Waals surface area contributed by atoms with Crippen molar-refractivity contribution in [2.24, 2.45) is 0 Å². The Morgan fingerprint density at radius 2 is 1.96 bits per heavy atom. The molecule has 136 valence electrons. The van der Waals surface area contributed by atoms with Gasteiger partial charge in [0.25, 0.3) is 5.69 Å². The van der Waals surface area contributed by atoms with E-state index in [1.54, 1.807) is 0 Å². The molecule has 1 aliphatic rings. The van der Waals surface area contributed by atoms with Gasteiger partial charge in [0.05, 0.1) is 4.92 Å². The van der Waals surface area contributed by atoms with E-state index < -0.39 is 10.7 Å². The molecular formula is C21H19N3O3. The summed E-state index contributed by atoms with van der Waals surface area (Å²) in [6.07, 6.45) is 3.91. The third-order valence-electron chi connectivity index (χ3n) is 4.66. The van der Waals surface area contributed by atoms with E-state index >= 15 is 0 Å². The van der Waals surface area contributed by atoms with Crippen LogP contribution < -0.4 is 4.90 Å². The minimum absolute atomic E-state index is 0.0520. The number of nitrogens with zero attached hydrogens (tertiary/aromatic N) is 3. The zero-order chi connectivity index (χ0) is 19.4. The molecule has 0 N–H and O–H groups in total. The van der Waals surface area contributed by atoms with Crippen LogP contribution in [0.2, 0.25) is 0 Å². The van der Waals surface area contributed by atoms with E-state index in [1.807, 2.05) is 31.2 Å². The summed E-state index contributed by atoms with van der Waals surface area (Å²) in [5, 5.41) is 20.3. The highest BCUT2D eigenvalue weighted by Crippen LogP contribution is 2.26. The zero-order valence-electron chi connectivity index (χ0n) is 15.0. The first-order valence-electron chi connectivity index (χ1n) is 8.76. The third-order valence-corrected chi connectivity index (χ3v) is 4.66. The van der Waals surface area contributed by atoms with Crippen LogP contribution in [-0.4, -0.2) is 23.8 Å². The molecule has 1 heterocycles. The first kappa shape index (κ1) is 18.3. The van der Waals surface area contributed by atoms with Crippen LogP contribution in [0.3, 0.4) is 0 Å². The molecular weight excluding hydrogens is 342 g/mol. The lowest BCUT2D eigenvalue weighted by atomic mass is 10.0. The molecule has 1 aliphatic heterocycles. The molecule has 3 rings (SSSR count). The van der Waals surface area contributed by atoms with Gasteiger partial charge in [0.2, 0.25) is 5.78 Å². The number of benzene rings is 2. The van der Waals surface area contributed by atoms with Gasteiger partial charge in [0.1, 0.15) is 11.6 Å². The predicted molar refractivity (Wildman–Crippen MR) is 104 cm³/mol. The van der Waals surface area contributed by atoms with Crippen LogP contribution in [0, 0.1) is 28.4 Å². The molecule has 0 unspecified atom stereocenters. The number of allylic oxidation sites excluding steroid dienone is 1. The van der Waals surface area contributed by atoms with Crippen molar-refractivity contribution in [3.8, 4) is 6.07 Å². The Labute approximate surface area is 157 Å². The Kier molecular flexibility index (Phi) is 5.32. The smallest absolute Gasteiger partial charge is 0.270 e. The molecule has 0 aliphatic carbocycles. The van der Waals surface area contributed by atoms with E-state index in [1.165, 1.54) is 48.9 Å². The summed E-state index contributed by atoms with van der Waals surface area (Å²) < 4.78 is 0. The van der Waals surface area contributed by atoms with Crippen molar-refractivity contribution < 1.29 is 9.72 Å². The Hall–Kier alpha value is -3.46. The molecule has 2 aromatic rings. The van der Waals surface area contributed by atoms with Gasteiger partial charge in [-0.25, -0.2) is 0 Å². The summed E-state index contributed by atoms with van der Waals surface area (Å²) in [5.74, 6) is -0.525. The second kappa shape index (κ2) is 7.83. The van der Waals surface area contributed by atoms with Gasteiger partial charge in [-0.3, -0.25) is 14.9 Å². The number of carbonyl (C=O) groups excluding carboxylic acids is 1. The number of aryl methyl sites for hydroxylation is 1. The number of ketones is 1. The average molecular weight is 361 g/mol. The zero-order valence-corrected chi connectivity index (χ0v) is 15.0. The van der Waals surface area contributed by atoms with E-state index in [9.17, 15) is 20.2 Å². The molecule has 6 heteroatoms. The molecule has 0 radical (unpaired) electrons. The minimum atomic E-state index is -0.563. The second-order valence-electron chi connectivity index (χ2n) is 6.55. The topological polar surface area (TPSA) is 87.2 Å². The minimum Gasteiger partial charge on any atom is -0.371 e. The van der Waals surface area contributed by atoms with Gasteiger partial charge >= 0.3 is 0 Å². The SMILES string of the molecule is Cc1cc(/C=C(/C#N)C(=O)c2cccc([N+](=O)[O-])c2)ccc1N1CCCC1. The van der Waals surface area contributed by atoms with E-state index in [0.29, 0.717) is 0 Å². The number of carbonyl (C=O) groups is 1. The summed E-state index contributed by atoms with van der Waals surface area (Å²) in [5.41, 5.74) is 2.92. The maximum Gasteiger partial charge on any atom is 0.270 e. The van der Waals surface area contributed by atoms with Crippen LogP contribution >= 0.6 is 0 Å². The van der Waals surface area contributed by atoms with Gasteiger partial charge in [0, 0.05) is 36.5 Å². The third kappa shape index (κ3) is 4.04. The average Bonchev–Trinajstić information content (AvgIpc) is 3.20. The molecule has 0 bridgehead atoms.